The van der Waals surface area contributed by atoms with E-state index < -0.39 is 17.5 Å². The molecule has 0 amide bonds. The maximum Gasteiger partial charge on any atom is 0.332 e. The summed E-state index contributed by atoms with van der Waals surface area (Å²) in [5.74, 6) is -1.33. The normalized spacial score (nSPS) is 21.0. The third kappa shape index (κ3) is 3.95. The Bertz CT molecular complexity index is 487. The van der Waals surface area contributed by atoms with E-state index in [-0.39, 0.29) is 5.41 Å². The fourth-order valence-electron chi connectivity index (χ4n) is 2.53. The molecule has 20 heavy (non-hydrogen) atoms. The average molecular weight is 280 g/mol. The number of esters is 1. The molecule has 0 aromatic carbocycles. The lowest BCUT2D eigenvalue weighted by molar-refractivity contribution is -0.148. The van der Waals surface area contributed by atoms with Crippen LogP contribution < -0.4 is 0 Å². The Kier molecular flexibility index (Phi) is 4.47. The molecule has 0 saturated heterocycles. The molecule has 1 N–H and O–H groups in total. The molecule has 0 spiro atoms. The number of ether oxygens (including phenoxy) is 1. The van der Waals surface area contributed by atoms with Gasteiger partial charge in [0.05, 0.1) is 0 Å². The molecule has 1 aliphatic rings. The van der Waals surface area contributed by atoms with Gasteiger partial charge in [-0.3, -0.25) is 0 Å². The molecule has 0 atom stereocenters. The zero-order valence-corrected chi connectivity index (χ0v) is 13.2. The minimum Gasteiger partial charge on any atom is -0.478 e. The van der Waals surface area contributed by atoms with Crippen molar-refractivity contribution in [3.05, 3.63) is 22.8 Å². The van der Waals surface area contributed by atoms with Gasteiger partial charge in [-0.05, 0) is 57.1 Å². The molecule has 4 nitrogen and oxygen atoms in total. The first-order valence-electron chi connectivity index (χ1n) is 6.82. The predicted octanol–water partition coefficient (Wildman–Crippen LogP) is 3.48. The Morgan fingerprint density at radius 2 is 1.85 bits per heavy atom. The highest BCUT2D eigenvalue weighted by Crippen LogP contribution is 2.42. The second-order valence-corrected chi connectivity index (χ2v) is 6.89. The van der Waals surface area contributed by atoms with E-state index in [2.05, 4.69) is 0 Å². The Balaban J connectivity index is 3.13. The summed E-state index contributed by atoms with van der Waals surface area (Å²) in [6.07, 6.45) is 2.83. The van der Waals surface area contributed by atoms with Crippen LogP contribution in [0, 0.1) is 5.41 Å². The largest absolute Gasteiger partial charge is 0.478 e. The third-order valence-corrected chi connectivity index (χ3v) is 3.47. The van der Waals surface area contributed by atoms with Crippen LogP contribution in [0.4, 0.5) is 0 Å². The number of aliphatic carboxylic acids is 1. The number of carboxylic acids is 1. The van der Waals surface area contributed by atoms with Gasteiger partial charge in [0, 0.05) is 11.6 Å². The Labute approximate surface area is 120 Å². The molecule has 0 aliphatic heterocycles. The lowest BCUT2D eigenvalue weighted by Crippen LogP contribution is -2.27. The van der Waals surface area contributed by atoms with Crippen LogP contribution in [0.25, 0.3) is 0 Å². The second kappa shape index (κ2) is 5.43. The van der Waals surface area contributed by atoms with E-state index in [0.717, 1.165) is 5.57 Å². The van der Waals surface area contributed by atoms with Crippen molar-refractivity contribution in [1.82, 2.24) is 0 Å². The van der Waals surface area contributed by atoms with Crippen LogP contribution in [-0.2, 0) is 14.3 Å². The standard InChI is InChI=1S/C16H24O4/c1-10-11(9-12(17)20-15(2,3)4)7-8-16(5,6)13(10)14(18)19/h9H,7-8H2,1-6H3,(H,18,19). The molecule has 4 heteroatoms. The lowest BCUT2D eigenvalue weighted by atomic mass is 9.71. The van der Waals surface area contributed by atoms with Crippen LogP contribution in [0.2, 0.25) is 0 Å². The van der Waals surface area contributed by atoms with Gasteiger partial charge in [0.25, 0.3) is 0 Å². The first-order chi connectivity index (χ1) is 8.94. The number of carbonyl (C=O) groups excluding carboxylic acids is 1. The minimum absolute atomic E-state index is 0.374. The van der Waals surface area contributed by atoms with Gasteiger partial charge in [0.2, 0.25) is 0 Å². The maximum absolute atomic E-state index is 11.8. The van der Waals surface area contributed by atoms with Crippen LogP contribution in [-0.4, -0.2) is 22.6 Å². The van der Waals surface area contributed by atoms with E-state index in [1.165, 1.54) is 6.08 Å². The number of allylic oxidation sites excluding steroid dienone is 2. The molecule has 0 bridgehead atoms. The van der Waals surface area contributed by atoms with Gasteiger partial charge in [-0.2, -0.15) is 0 Å². The van der Waals surface area contributed by atoms with E-state index in [1.54, 1.807) is 27.7 Å². The van der Waals surface area contributed by atoms with Crippen molar-refractivity contribution in [3.63, 3.8) is 0 Å². The molecular weight excluding hydrogens is 256 g/mol. The molecule has 0 saturated carbocycles. The summed E-state index contributed by atoms with van der Waals surface area (Å²) in [6, 6.07) is 0. The zero-order chi connectivity index (χ0) is 15.7. The Hall–Kier alpha value is -1.58. The van der Waals surface area contributed by atoms with E-state index in [0.29, 0.717) is 24.0 Å². The number of carbonyl (C=O) groups is 2. The summed E-state index contributed by atoms with van der Waals surface area (Å²) < 4.78 is 5.25. The van der Waals surface area contributed by atoms with Crippen molar-refractivity contribution in [2.24, 2.45) is 5.41 Å². The SMILES string of the molecule is CC1=C(C(=O)O)C(C)(C)CCC1=CC(=O)OC(C)(C)C. The van der Waals surface area contributed by atoms with Gasteiger partial charge in [0.1, 0.15) is 5.60 Å². The molecule has 0 unspecified atom stereocenters. The molecular formula is C16H24O4. The van der Waals surface area contributed by atoms with Crippen LogP contribution in [0.3, 0.4) is 0 Å². The fourth-order valence-corrected chi connectivity index (χ4v) is 2.53. The van der Waals surface area contributed by atoms with E-state index >= 15 is 0 Å². The van der Waals surface area contributed by atoms with E-state index in [9.17, 15) is 14.7 Å². The highest BCUT2D eigenvalue weighted by Gasteiger charge is 2.35. The lowest BCUT2D eigenvalue weighted by Gasteiger charge is -2.33. The number of hydrogen-bond donors (Lipinski definition) is 1. The molecule has 1 rings (SSSR count). The molecule has 0 aromatic rings. The minimum atomic E-state index is -0.915. The molecule has 0 fully saturated rings. The van der Waals surface area contributed by atoms with Crippen molar-refractivity contribution < 1.29 is 19.4 Å². The molecule has 0 radical (unpaired) electrons. The van der Waals surface area contributed by atoms with Gasteiger partial charge >= 0.3 is 11.9 Å². The van der Waals surface area contributed by atoms with Crippen LogP contribution in [0.1, 0.15) is 54.4 Å². The average Bonchev–Trinajstić information content (AvgIpc) is 2.18. The number of rotatable bonds is 2. The molecule has 1 aliphatic carbocycles. The predicted molar refractivity (Wildman–Crippen MR) is 77.3 cm³/mol. The highest BCUT2D eigenvalue weighted by atomic mass is 16.6. The number of hydrogen-bond acceptors (Lipinski definition) is 3. The van der Waals surface area contributed by atoms with Gasteiger partial charge in [-0.25, -0.2) is 9.59 Å². The topological polar surface area (TPSA) is 63.6 Å². The Morgan fingerprint density at radius 1 is 1.30 bits per heavy atom. The number of carboxylic acid groups (broad SMARTS) is 1. The van der Waals surface area contributed by atoms with E-state index in [1.807, 2.05) is 13.8 Å². The van der Waals surface area contributed by atoms with Crippen molar-refractivity contribution >= 4 is 11.9 Å². The molecule has 0 heterocycles. The zero-order valence-electron chi connectivity index (χ0n) is 13.2. The van der Waals surface area contributed by atoms with Gasteiger partial charge in [-0.15, -0.1) is 0 Å². The van der Waals surface area contributed by atoms with Crippen molar-refractivity contribution in [2.75, 3.05) is 0 Å². The first kappa shape index (κ1) is 16.5. The van der Waals surface area contributed by atoms with E-state index in [4.69, 9.17) is 4.74 Å². The molecule has 112 valence electrons. The monoisotopic (exact) mass is 280 g/mol. The summed E-state index contributed by atoms with van der Waals surface area (Å²) >= 11 is 0. The summed E-state index contributed by atoms with van der Waals surface area (Å²) in [5, 5.41) is 9.38. The van der Waals surface area contributed by atoms with Gasteiger partial charge < -0.3 is 9.84 Å². The van der Waals surface area contributed by atoms with Gasteiger partial charge in [-0.1, -0.05) is 13.8 Å². The first-order valence-corrected chi connectivity index (χ1v) is 6.82. The van der Waals surface area contributed by atoms with Gasteiger partial charge in [0.15, 0.2) is 0 Å². The van der Waals surface area contributed by atoms with Crippen LogP contribution >= 0.6 is 0 Å². The summed E-state index contributed by atoms with van der Waals surface area (Å²) in [7, 11) is 0. The van der Waals surface area contributed by atoms with Crippen LogP contribution in [0.5, 0.6) is 0 Å². The maximum atomic E-state index is 11.8. The highest BCUT2D eigenvalue weighted by molar-refractivity contribution is 5.92. The molecule has 0 aromatic heterocycles. The fraction of sp³-hybridized carbons (Fsp3) is 0.625. The second-order valence-electron chi connectivity index (χ2n) is 6.89. The van der Waals surface area contributed by atoms with Crippen molar-refractivity contribution in [3.8, 4) is 0 Å². The summed E-state index contributed by atoms with van der Waals surface area (Å²) in [6.45, 7) is 11.0. The smallest absolute Gasteiger partial charge is 0.332 e. The van der Waals surface area contributed by atoms with Crippen LogP contribution in [0.15, 0.2) is 22.8 Å². The summed E-state index contributed by atoms with van der Waals surface area (Å²) in [5.41, 5.74) is 0.908. The van der Waals surface area contributed by atoms with Crippen molar-refractivity contribution in [1.29, 1.82) is 0 Å². The third-order valence-electron chi connectivity index (χ3n) is 3.47. The summed E-state index contributed by atoms with van der Waals surface area (Å²) in [4.78, 5) is 23.3. The van der Waals surface area contributed by atoms with Crippen molar-refractivity contribution in [2.45, 2.75) is 60.0 Å². The Morgan fingerprint density at radius 3 is 2.30 bits per heavy atom. The quantitative estimate of drug-likeness (QED) is 0.621.